The molecule has 1 aromatic heterocycles. The zero-order chi connectivity index (χ0) is 12.5. The molecule has 0 fully saturated rings. The van der Waals surface area contributed by atoms with Crippen LogP contribution in [0.15, 0.2) is 27.9 Å². The third kappa shape index (κ3) is 5.33. The van der Waals surface area contributed by atoms with Gasteiger partial charge in [-0.05, 0) is 46.4 Å². The fourth-order valence-electron chi connectivity index (χ4n) is 1.15. The zero-order valence-electron chi connectivity index (χ0n) is 9.14. The summed E-state index contributed by atoms with van der Waals surface area (Å²) in [4.78, 5) is 18.2. The summed E-state index contributed by atoms with van der Waals surface area (Å²) < 4.78 is 0.836. The molecule has 1 rings (SSSR count). The lowest BCUT2D eigenvalue weighted by atomic mass is 10.3. The molecular formula is C10H12BrN5O. The van der Waals surface area contributed by atoms with E-state index in [-0.39, 0.29) is 5.91 Å². The third-order valence-corrected chi connectivity index (χ3v) is 2.46. The lowest BCUT2D eigenvalue weighted by Crippen LogP contribution is -2.25. The maximum atomic E-state index is 11.6. The fourth-order valence-corrected chi connectivity index (χ4v) is 1.39. The largest absolute Gasteiger partial charge is 0.351 e. The van der Waals surface area contributed by atoms with E-state index in [0.717, 1.165) is 17.3 Å². The summed E-state index contributed by atoms with van der Waals surface area (Å²) in [6.45, 7) is 1.01. The molecule has 0 aliphatic rings. The quantitative estimate of drug-likeness (QED) is 0.378. The lowest BCUT2D eigenvalue weighted by Gasteiger charge is -2.03. The molecule has 0 unspecified atom stereocenters. The second-order valence-electron chi connectivity index (χ2n) is 3.28. The summed E-state index contributed by atoms with van der Waals surface area (Å²) in [6, 6.07) is 3.42. The van der Waals surface area contributed by atoms with Crippen LogP contribution in [0.2, 0.25) is 0 Å². The average Bonchev–Trinajstić information content (AvgIpc) is 2.34. The van der Waals surface area contributed by atoms with Gasteiger partial charge in [-0.1, -0.05) is 5.11 Å². The second kappa shape index (κ2) is 7.65. The Kier molecular flexibility index (Phi) is 6.06. The van der Waals surface area contributed by atoms with Crippen molar-refractivity contribution in [2.45, 2.75) is 12.8 Å². The number of azide groups is 1. The Labute approximate surface area is 107 Å². The van der Waals surface area contributed by atoms with Gasteiger partial charge in [0.25, 0.3) is 5.91 Å². The van der Waals surface area contributed by atoms with E-state index in [9.17, 15) is 4.79 Å². The maximum Gasteiger partial charge on any atom is 0.269 e. The highest BCUT2D eigenvalue weighted by molar-refractivity contribution is 9.10. The monoisotopic (exact) mass is 297 g/mol. The van der Waals surface area contributed by atoms with E-state index in [1.54, 1.807) is 18.3 Å². The molecule has 0 aliphatic carbocycles. The number of carbonyl (C=O) groups is 1. The Balaban J connectivity index is 2.25. The first-order valence-electron chi connectivity index (χ1n) is 5.14. The predicted octanol–water partition coefficient (Wildman–Crippen LogP) is 2.66. The normalized spacial score (nSPS) is 9.47. The number of rotatable bonds is 6. The minimum atomic E-state index is -0.193. The minimum Gasteiger partial charge on any atom is -0.351 e. The van der Waals surface area contributed by atoms with Crippen molar-refractivity contribution in [3.05, 3.63) is 38.9 Å². The Morgan fingerprint density at radius 2 is 2.35 bits per heavy atom. The van der Waals surface area contributed by atoms with Crippen molar-refractivity contribution in [1.29, 1.82) is 0 Å². The van der Waals surface area contributed by atoms with Crippen molar-refractivity contribution in [3.63, 3.8) is 0 Å². The van der Waals surface area contributed by atoms with Crippen LogP contribution >= 0.6 is 15.9 Å². The second-order valence-corrected chi connectivity index (χ2v) is 4.19. The Morgan fingerprint density at radius 1 is 1.53 bits per heavy atom. The van der Waals surface area contributed by atoms with Gasteiger partial charge in [0.1, 0.15) is 5.69 Å². The molecule has 1 aromatic rings. The van der Waals surface area contributed by atoms with Crippen molar-refractivity contribution in [1.82, 2.24) is 10.3 Å². The highest BCUT2D eigenvalue weighted by Crippen LogP contribution is 2.07. The molecule has 0 bridgehead atoms. The topological polar surface area (TPSA) is 90.8 Å². The minimum absolute atomic E-state index is 0.193. The van der Waals surface area contributed by atoms with Gasteiger partial charge in [-0.3, -0.25) is 4.79 Å². The van der Waals surface area contributed by atoms with Gasteiger partial charge in [0.05, 0.1) is 0 Å². The number of hydrogen-bond donors (Lipinski definition) is 1. The summed E-state index contributed by atoms with van der Waals surface area (Å²) in [5.41, 5.74) is 8.45. The summed E-state index contributed by atoms with van der Waals surface area (Å²) >= 11 is 3.25. The first-order valence-corrected chi connectivity index (χ1v) is 5.94. The molecule has 0 saturated carbocycles. The van der Waals surface area contributed by atoms with Crippen LogP contribution in [0.5, 0.6) is 0 Å². The van der Waals surface area contributed by atoms with Crippen molar-refractivity contribution < 1.29 is 4.79 Å². The van der Waals surface area contributed by atoms with Crippen LogP contribution in [0.3, 0.4) is 0 Å². The van der Waals surface area contributed by atoms with Gasteiger partial charge in [-0.15, -0.1) is 0 Å². The molecule has 1 heterocycles. The molecule has 6 nitrogen and oxygen atoms in total. The van der Waals surface area contributed by atoms with Crippen molar-refractivity contribution in [2.75, 3.05) is 13.1 Å². The van der Waals surface area contributed by atoms with Gasteiger partial charge in [0.15, 0.2) is 0 Å². The van der Waals surface area contributed by atoms with Crippen LogP contribution < -0.4 is 5.32 Å². The lowest BCUT2D eigenvalue weighted by molar-refractivity contribution is 0.0948. The number of unbranched alkanes of at least 4 members (excludes halogenated alkanes) is 1. The van der Waals surface area contributed by atoms with Crippen LogP contribution in [0.1, 0.15) is 23.3 Å². The molecule has 17 heavy (non-hydrogen) atoms. The van der Waals surface area contributed by atoms with E-state index in [4.69, 9.17) is 5.53 Å². The first kappa shape index (κ1) is 13.5. The number of halogens is 1. The highest BCUT2D eigenvalue weighted by Gasteiger charge is 2.05. The number of hydrogen-bond acceptors (Lipinski definition) is 3. The summed E-state index contributed by atoms with van der Waals surface area (Å²) in [5, 5.41) is 6.15. The van der Waals surface area contributed by atoms with Crippen molar-refractivity contribution >= 4 is 21.8 Å². The van der Waals surface area contributed by atoms with E-state index in [2.05, 4.69) is 36.3 Å². The molecule has 0 aliphatic heterocycles. The molecule has 0 aromatic carbocycles. The SMILES string of the molecule is [N-]=[N+]=NCCCCNC(=O)c1ccc(Br)cn1. The number of nitrogens with one attached hydrogen (secondary N) is 1. The van der Waals surface area contributed by atoms with Crippen LogP contribution in [-0.4, -0.2) is 24.0 Å². The number of amides is 1. The Hall–Kier alpha value is -1.59. The number of aromatic nitrogens is 1. The number of carbonyl (C=O) groups excluding carboxylic acids is 1. The number of nitrogens with zero attached hydrogens (tertiary/aromatic N) is 4. The molecule has 0 spiro atoms. The molecule has 1 amide bonds. The first-order chi connectivity index (χ1) is 8.24. The predicted molar refractivity (Wildman–Crippen MR) is 67.5 cm³/mol. The number of pyridine rings is 1. The Bertz CT molecular complexity index is 413. The Morgan fingerprint density at radius 3 is 3.00 bits per heavy atom. The van der Waals surface area contributed by atoms with Gasteiger partial charge < -0.3 is 5.32 Å². The zero-order valence-corrected chi connectivity index (χ0v) is 10.7. The molecule has 1 N–H and O–H groups in total. The summed E-state index contributed by atoms with van der Waals surface area (Å²) in [7, 11) is 0. The maximum absolute atomic E-state index is 11.6. The van der Waals surface area contributed by atoms with E-state index in [1.807, 2.05) is 0 Å². The average molecular weight is 298 g/mol. The van der Waals surface area contributed by atoms with E-state index in [0.29, 0.717) is 18.8 Å². The van der Waals surface area contributed by atoms with Crippen molar-refractivity contribution in [2.24, 2.45) is 5.11 Å². The summed E-state index contributed by atoms with van der Waals surface area (Å²) in [5.74, 6) is -0.193. The van der Waals surface area contributed by atoms with E-state index in [1.165, 1.54) is 0 Å². The summed E-state index contributed by atoms with van der Waals surface area (Å²) in [6.07, 6.45) is 3.12. The van der Waals surface area contributed by atoms with Gasteiger partial charge in [0.2, 0.25) is 0 Å². The van der Waals surface area contributed by atoms with E-state index < -0.39 is 0 Å². The van der Waals surface area contributed by atoms with E-state index >= 15 is 0 Å². The van der Waals surface area contributed by atoms with Gasteiger partial charge >= 0.3 is 0 Å². The third-order valence-electron chi connectivity index (χ3n) is 1.99. The van der Waals surface area contributed by atoms with Gasteiger partial charge in [-0.25, -0.2) is 4.98 Å². The fraction of sp³-hybridized carbons (Fsp3) is 0.400. The highest BCUT2D eigenvalue weighted by atomic mass is 79.9. The molecule has 90 valence electrons. The van der Waals surface area contributed by atoms with Crippen LogP contribution in [-0.2, 0) is 0 Å². The van der Waals surface area contributed by atoms with Crippen LogP contribution in [0, 0.1) is 0 Å². The van der Waals surface area contributed by atoms with Crippen LogP contribution in [0.25, 0.3) is 10.4 Å². The van der Waals surface area contributed by atoms with Crippen LogP contribution in [0.4, 0.5) is 0 Å². The van der Waals surface area contributed by atoms with Gasteiger partial charge in [0, 0.05) is 28.7 Å². The molecule has 0 atom stereocenters. The van der Waals surface area contributed by atoms with Gasteiger partial charge in [-0.2, -0.15) is 0 Å². The van der Waals surface area contributed by atoms with Crippen molar-refractivity contribution in [3.8, 4) is 0 Å². The smallest absolute Gasteiger partial charge is 0.269 e. The molecule has 0 saturated heterocycles. The standard InChI is InChI=1S/C10H12BrN5O/c11-8-3-4-9(14-7-8)10(17)13-5-1-2-6-15-16-12/h3-4,7H,1-2,5-6H2,(H,13,17). The molecule has 7 heteroatoms. The molecular weight excluding hydrogens is 286 g/mol. The molecule has 0 radical (unpaired) electrons.